The van der Waals surface area contributed by atoms with Crippen molar-refractivity contribution in [2.24, 2.45) is 10.8 Å². The van der Waals surface area contributed by atoms with Crippen molar-refractivity contribution >= 4 is 0 Å². The molecule has 64 valence electrons. The molecule has 0 saturated carbocycles. The van der Waals surface area contributed by atoms with Crippen molar-refractivity contribution in [3.63, 3.8) is 0 Å². The largest absolute Gasteiger partial charge is 2.00 e. The van der Waals surface area contributed by atoms with Crippen LogP contribution in [-0.2, 0) is 19.5 Å². The van der Waals surface area contributed by atoms with Crippen LogP contribution in [-0.4, -0.2) is 0 Å². The van der Waals surface area contributed by atoms with Gasteiger partial charge in [-0.3, -0.25) is 0 Å². The van der Waals surface area contributed by atoms with Crippen LogP contribution in [0.25, 0.3) is 0 Å². The fourth-order valence-electron chi connectivity index (χ4n) is 0. The van der Waals surface area contributed by atoms with Crippen molar-refractivity contribution in [2.45, 2.75) is 41.5 Å². The minimum atomic E-state index is 0. The molecule has 0 spiro atoms. The molecule has 0 aliphatic rings. The molecule has 0 fully saturated rings. The normalized spacial score (nSPS) is 10.9. The van der Waals surface area contributed by atoms with Crippen LogP contribution in [0, 0.1) is 24.7 Å². The summed E-state index contributed by atoms with van der Waals surface area (Å²) in [5.74, 6) is 0. The predicted molar refractivity (Wildman–Crippen MR) is 49.6 cm³/mol. The van der Waals surface area contributed by atoms with E-state index in [9.17, 15) is 0 Å². The van der Waals surface area contributed by atoms with Gasteiger partial charge in [-0.05, 0) is 0 Å². The zero-order chi connectivity index (χ0) is 9.00. The molecule has 0 N–H and O–H groups in total. The van der Waals surface area contributed by atoms with Crippen molar-refractivity contribution < 1.29 is 19.5 Å². The smallest absolute Gasteiger partial charge is 0.338 e. The Bertz CT molecular complexity index is 47.9. The molecular formula is C10H22Zn. The fourth-order valence-corrected chi connectivity index (χ4v) is 0. The molecule has 0 aromatic carbocycles. The van der Waals surface area contributed by atoms with Crippen molar-refractivity contribution in [1.29, 1.82) is 0 Å². The quantitative estimate of drug-likeness (QED) is 0.420. The Morgan fingerprint density at radius 2 is 0.636 bits per heavy atom. The second kappa shape index (κ2) is 6.17. The van der Waals surface area contributed by atoms with Gasteiger partial charge in [0.1, 0.15) is 0 Å². The van der Waals surface area contributed by atoms with Crippen LogP contribution in [0.3, 0.4) is 0 Å². The molecule has 0 aliphatic heterocycles. The molecular weight excluding hydrogens is 185 g/mol. The monoisotopic (exact) mass is 206 g/mol. The van der Waals surface area contributed by atoms with Crippen LogP contribution in [0.4, 0.5) is 0 Å². The van der Waals surface area contributed by atoms with Crippen molar-refractivity contribution in [2.75, 3.05) is 0 Å². The van der Waals surface area contributed by atoms with Gasteiger partial charge in [0.25, 0.3) is 0 Å². The van der Waals surface area contributed by atoms with Gasteiger partial charge in [-0.1, -0.05) is 41.5 Å². The molecule has 0 atom stereocenters. The van der Waals surface area contributed by atoms with Crippen LogP contribution >= 0.6 is 0 Å². The van der Waals surface area contributed by atoms with Gasteiger partial charge in [0.05, 0.1) is 0 Å². The van der Waals surface area contributed by atoms with Gasteiger partial charge in [0.2, 0.25) is 0 Å². The maximum Gasteiger partial charge on any atom is 2.00 e. The van der Waals surface area contributed by atoms with E-state index in [1.54, 1.807) is 0 Å². The summed E-state index contributed by atoms with van der Waals surface area (Å²) in [5, 5.41) is 0. The van der Waals surface area contributed by atoms with Crippen LogP contribution in [0.1, 0.15) is 41.5 Å². The van der Waals surface area contributed by atoms with E-state index in [4.69, 9.17) is 0 Å². The molecule has 0 amide bonds. The maximum absolute atomic E-state index is 3.77. The average Bonchev–Trinajstić information content (AvgIpc) is 1.12. The van der Waals surface area contributed by atoms with E-state index in [2.05, 4.69) is 55.4 Å². The van der Waals surface area contributed by atoms with Crippen LogP contribution in [0.5, 0.6) is 0 Å². The van der Waals surface area contributed by atoms with E-state index in [1.165, 1.54) is 0 Å². The second-order valence-corrected chi connectivity index (χ2v) is 5.12. The first kappa shape index (κ1) is 17.6. The summed E-state index contributed by atoms with van der Waals surface area (Å²) in [7, 11) is 0. The Morgan fingerprint density at radius 1 is 0.636 bits per heavy atom. The van der Waals surface area contributed by atoms with Gasteiger partial charge in [-0.25, -0.2) is 0 Å². The zero-order valence-corrected chi connectivity index (χ0v) is 12.1. The van der Waals surface area contributed by atoms with Gasteiger partial charge >= 0.3 is 19.5 Å². The fraction of sp³-hybridized carbons (Fsp3) is 0.800. The standard InChI is InChI=1S/2C5H11.Zn/c2*1-5(2,3)4;/h2*1H2,2-4H3;/q2*-1;+2. The summed E-state index contributed by atoms with van der Waals surface area (Å²) in [6.07, 6.45) is 0. The molecule has 0 bridgehead atoms. The maximum atomic E-state index is 3.77. The predicted octanol–water partition coefficient (Wildman–Crippen LogP) is 3.73. The molecule has 0 unspecified atom stereocenters. The topological polar surface area (TPSA) is 0 Å². The molecule has 0 aromatic rings. The molecule has 0 nitrogen and oxygen atoms in total. The summed E-state index contributed by atoms with van der Waals surface area (Å²) in [6.45, 7) is 20.0. The van der Waals surface area contributed by atoms with Gasteiger partial charge in [-0.2, -0.15) is 10.8 Å². The molecule has 0 heterocycles. The first-order valence-electron chi connectivity index (χ1n) is 3.71. The van der Waals surface area contributed by atoms with E-state index >= 15 is 0 Å². The second-order valence-electron chi connectivity index (χ2n) is 5.12. The summed E-state index contributed by atoms with van der Waals surface area (Å²) in [4.78, 5) is 0. The Kier molecular flexibility index (Phi) is 9.90. The number of hydrogen-bond acceptors (Lipinski definition) is 0. The minimum Gasteiger partial charge on any atom is -0.338 e. The van der Waals surface area contributed by atoms with E-state index in [0.717, 1.165) is 0 Å². The Morgan fingerprint density at radius 3 is 0.636 bits per heavy atom. The van der Waals surface area contributed by atoms with Crippen molar-refractivity contribution in [3.05, 3.63) is 13.8 Å². The zero-order valence-electron chi connectivity index (χ0n) is 9.12. The summed E-state index contributed by atoms with van der Waals surface area (Å²) in [5.41, 5.74) is 0.500. The summed E-state index contributed by atoms with van der Waals surface area (Å²) < 4.78 is 0. The third-order valence-corrected chi connectivity index (χ3v) is 0. The van der Waals surface area contributed by atoms with E-state index in [1.807, 2.05) is 0 Å². The molecule has 0 saturated heterocycles. The molecule has 1 heteroatoms. The SMILES string of the molecule is [CH2-]C(C)(C)C.[CH2-]C(C)(C)C.[Zn+2]. The van der Waals surface area contributed by atoms with E-state index in [-0.39, 0.29) is 30.3 Å². The summed E-state index contributed by atoms with van der Waals surface area (Å²) >= 11 is 0. The Balaban J connectivity index is -0.000000107. The van der Waals surface area contributed by atoms with Gasteiger partial charge in [0.15, 0.2) is 0 Å². The molecule has 0 aromatic heterocycles. The average molecular weight is 208 g/mol. The van der Waals surface area contributed by atoms with Gasteiger partial charge < -0.3 is 13.8 Å². The third kappa shape index (κ3) is 2030. The van der Waals surface area contributed by atoms with E-state index < -0.39 is 0 Å². The van der Waals surface area contributed by atoms with Crippen LogP contribution in [0.2, 0.25) is 0 Å². The van der Waals surface area contributed by atoms with Crippen molar-refractivity contribution in [3.8, 4) is 0 Å². The Labute approximate surface area is 85.9 Å². The Hall–Kier alpha value is 0.623. The third-order valence-electron chi connectivity index (χ3n) is 0. The molecule has 0 radical (unpaired) electrons. The molecule has 0 rings (SSSR count). The first-order valence-corrected chi connectivity index (χ1v) is 3.71. The summed E-state index contributed by atoms with van der Waals surface area (Å²) in [6, 6.07) is 0. The van der Waals surface area contributed by atoms with Crippen molar-refractivity contribution in [1.82, 2.24) is 0 Å². The number of rotatable bonds is 0. The molecule has 11 heavy (non-hydrogen) atoms. The first-order chi connectivity index (χ1) is 4.00. The van der Waals surface area contributed by atoms with E-state index in [0.29, 0.717) is 0 Å². The molecule has 0 aliphatic carbocycles. The van der Waals surface area contributed by atoms with Crippen LogP contribution < -0.4 is 0 Å². The van der Waals surface area contributed by atoms with Gasteiger partial charge in [-0.15, -0.1) is 0 Å². The van der Waals surface area contributed by atoms with Gasteiger partial charge in [0, 0.05) is 0 Å². The van der Waals surface area contributed by atoms with Crippen LogP contribution in [0.15, 0.2) is 0 Å². The minimum absolute atomic E-state index is 0. The number of hydrogen-bond donors (Lipinski definition) is 0.